The Kier molecular flexibility index (Phi) is 2.72. The van der Waals surface area contributed by atoms with Gasteiger partial charge in [0.15, 0.2) is 0 Å². The third-order valence-corrected chi connectivity index (χ3v) is 4.27. The second kappa shape index (κ2) is 4.60. The van der Waals surface area contributed by atoms with Crippen LogP contribution in [0.5, 0.6) is 0 Å². The van der Waals surface area contributed by atoms with Gasteiger partial charge in [0.25, 0.3) is 0 Å². The molecular formula is C17H17N3O. The average molecular weight is 279 g/mol. The number of imidazole rings is 1. The molecule has 0 fully saturated rings. The fourth-order valence-electron chi connectivity index (χ4n) is 3.13. The normalized spacial score (nSPS) is 13.8. The summed E-state index contributed by atoms with van der Waals surface area (Å²) in [5.74, 6) is 0.623. The van der Waals surface area contributed by atoms with Crippen LogP contribution in [0.25, 0.3) is 16.9 Å². The minimum Gasteiger partial charge on any atom is -0.392 e. The van der Waals surface area contributed by atoms with Gasteiger partial charge in [0.05, 0.1) is 6.61 Å². The first-order valence-corrected chi connectivity index (χ1v) is 7.26. The fraction of sp³-hybridized carbons (Fsp3) is 0.235. The minimum atomic E-state index is 0.00172. The Morgan fingerprint density at radius 2 is 2.00 bits per heavy atom. The van der Waals surface area contributed by atoms with Crippen molar-refractivity contribution in [1.29, 1.82) is 0 Å². The molecule has 2 heterocycles. The number of nitrogens with zero attached hydrogens (tertiary/aromatic N) is 2. The summed E-state index contributed by atoms with van der Waals surface area (Å²) in [6.07, 6.45) is 5.40. The predicted molar refractivity (Wildman–Crippen MR) is 83.0 cm³/mol. The van der Waals surface area contributed by atoms with Crippen molar-refractivity contribution in [2.75, 3.05) is 5.73 Å². The Bertz CT molecular complexity index is 835. The van der Waals surface area contributed by atoms with Gasteiger partial charge in [-0.3, -0.25) is 4.40 Å². The smallest absolute Gasteiger partial charge is 0.139 e. The molecular weight excluding hydrogens is 262 g/mol. The first-order valence-electron chi connectivity index (χ1n) is 7.26. The maximum atomic E-state index is 9.24. The number of aromatic nitrogens is 2. The maximum absolute atomic E-state index is 9.24. The summed E-state index contributed by atoms with van der Waals surface area (Å²) in [5.41, 5.74) is 12.6. The molecule has 2 aromatic heterocycles. The van der Waals surface area contributed by atoms with Gasteiger partial charge in [-0.2, -0.15) is 0 Å². The molecule has 4 heteroatoms. The van der Waals surface area contributed by atoms with Crippen LogP contribution in [0.1, 0.15) is 23.1 Å². The summed E-state index contributed by atoms with van der Waals surface area (Å²) in [5, 5.41) is 9.24. The average Bonchev–Trinajstić information content (AvgIpc) is 3.11. The van der Waals surface area contributed by atoms with E-state index in [0.29, 0.717) is 5.82 Å². The van der Waals surface area contributed by atoms with Crippen molar-refractivity contribution in [3.8, 4) is 11.3 Å². The van der Waals surface area contributed by atoms with E-state index in [4.69, 9.17) is 5.73 Å². The van der Waals surface area contributed by atoms with Crippen LogP contribution >= 0.6 is 0 Å². The number of pyridine rings is 1. The summed E-state index contributed by atoms with van der Waals surface area (Å²) in [6.45, 7) is 0.00172. The maximum Gasteiger partial charge on any atom is 0.139 e. The lowest BCUT2D eigenvalue weighted by molar-refractivity contribution is 0.281. The van der Waals surface area contributed by atoms with Crippen molar-refractivity contribution in [1.82, 2.24) is 9.38 Å². The standard InChI is InChI=1S/C17H17N3O/c18-17-16(14-6-5-12-2-1-3-13(12)8-14)19-15-7-4-11(10-21)9-20(15)17/h4-9,21H,1-3,10,18H2. The minimum absolute atomic E-state index is 0.00172. The zero-order valence-electron chi connectivity index (χ0n) is 11.7. The number of fused-ring (bicyclic) bond motifs is 2. The molecule has 0 spiro atoms. The summed E-state index contributed by atoms with van der Waals surface area (Å²) < 4.78 is 1.84. The van der Waals surface area contributed by atoms with E-state index < -0.39 is 0 Å². The quantitative estimate of drug-likeness (QED) is 0.757. The molecule has 3 N–H and O–H groups in total. The van der Waals surface area contributed by atoms with Gasteiger partial charge in [-0.1, -0.05) is 18.2 Å². The highest BCUT2D eigenvalue weighted by Crippen LogP contribution is 2.31. The molecule has 1 aliphatic rings. The lowest BCUT2D eigenvalue weighted by Crippen LogP contribution is -1.96. The Labute approximate surface area is 122 Å². The van der Waals surface area contributed by atoms with Gasteiger partial charge >= 0.3 is 0 Å². The van der Waals surface area contributed by atoms with E-state index in [1.165, 1.54) is 24.0 Å². The van der Waals surface area contributed by atoms with E-state index in [1.807, 2.05) is 22.7 Å². The topological polar surface area (TPSA) is 63.5 Å². The number of rotatable bonds is 2. The second-order valence-electron chi connectivity index (χ2n) is 5.61. The fourth-order valence-corrected chi connectivity index (χ4v) is 3.13. The molecule has 0 unspecified atom stereocenters. The highest BCUT2D eigenvalue weighted by Gasteiger charge is 2.15. The summed E-state index contributed by atoms with van der Waals surface area (Å²) in [7, 11) is 0. The Hall–Kier alpha value is -2.33. The van der Waals surface area contributed by atoms with Gasteiger partial charge in [0.1, 0.15) is 17.2 Å². The van der Waals surface area contributed by atoms with Gasteiger partial charge in [0.2, 0.25) is 0 Å². The molecule has 21 heavy (non-hydrogen) atoms. The van der Waals surface area contributed by atoms with Gasteiger partial charge in [-0.25, -0.2) is 4.98 Å². The number of nitrogen functional groups attached to an aromatic ring is 1. The highest BCUT2D eigenvalue weighted by atomic mass is 16.3. The van der Waals surface area contributed by atoms with Crippen LogP contribution in [0, 0.1) is 0 Å². The van der Waals surface area contributed by atoms with Gasteiger partial charge in [0, 0.05) is 11.8 Å². The van der Waals surface area contributed by atoms with Crippen LogP contribution < -0.4 is 5.73 Å². The highest BCUT2D eigenvalue weighted by molar-refractivity contribution is 5.75. The lowest BCUT2D eigenvalue weighted by Gasteiger charge is -2.04. The molecule has 0 radical (unpaired) electrons. The summed E-state index contributed by atoms with van der Waals surface area (Å²) >= 11 is 0. The zero-order chi connectivity index (χ0) is 14.4. The lowest BCUT2D eigenvalue weighted by atomic mass is 10.0. The third-order valence-electron chi connectivity index (χ3n) is 4.27. The van der Waals surface area contributed by atoms with Gasteiger partial charge in [-0.05, 0) is 48.1 Å². The number of aryl methyl sites for hydroxylation is 2. The molecule has 1 aliphatic carbocycles. The van der Waals surface area contributed by atoms with Crippen molar-refractivity contribution in [3.63, 3.8) is 0 Å². The molecule has 0 saturated heterocycles. The largest absolute Gasteiger partial charge is 0.392 e. The van der Waals surface area contributed by atoms with E-state index in [-0.39, 0.29) is 6.61 Å². The molecule has 106 valence electrons. The van der Waals surface area contributed by atoms with E-state index in [9.17, 15) is 5.11 Å². The summed E-state index contributed by atoms with van der Waals surface area (Å²) in [4.78, 5) is 4.64. The van der Waals surface area contributed by atoms with Crippen LogP contribution in [-0.4, -0.2) is 14.5 Å². The SMILES string of the molecule is Nc1c(-c2ccc3c(c2)CCC3)nc2ccc(CO)cn12. The monoisotopic (exact) mass is 279 g/mol. The Morgan fingerprint density at radius 1 is 1.14 bits per heavy atom. The van der Waals surface area contributed by atoms with Crippen LogP contribution in [0.15, 0.2) is 36.5 Å². The van der Waals surface area contributed by atoms with Crippen molar-refractivity contribution in [2.45, 2.75) is 25.9 Å². The second-order valence-corrected chi connectivity index (χ2v) is 5.61. The molecule has 4 nitrogen and oxygen atoms in total. The number of nitrogens with two attached hydrogens (primary N) is 1. The molecule has 0 saturated carbocycles. The molecule has 3 aromatic rings. The Morgan fingerprint density at radius 3 is 2.86 bits per heavy atom. The predicted octanol–water partition coefficient (Wildman–Crippen LogP) is 2.56. The van der Waals surface area contributed by atoms with Gasteiger partial charge in [-0.15, -0.1) is 0 Å². The molecule has 0 amide bonds. The van der Waals surface area contributed by atoms with Crippen molar-refractivity contribution in [3.05, 3.63) is 53.2 Å². The van der Waals surface area contributed by atoms with Crippen LogP contribution in [0.3, 0.4) is 0 Å². The van der Waals surface area contributed by atoms with Crippen molar-refractivity contribution in [2.24, 2.45) is 0 Å². The number of benzene rings is 1. The van der Waals surface area contributed by atoms with E-state index in [0.717, 1.165) is 28.9 Å². The number of aliphatic hydroxyl groups excluding tert-OH is 1. The van der Waals surface area contributed by atoms with E-state index in [1.54, 1.807) is 0 Å². The molecule has 4 rings (SSSR count). The van der Waals surface area contributed by atoms with Gasteiger partial charge < -0.3 is 10.8 Å². The van der Waals surface area contributed by atoms with E-state index in [2.05, 4.69) is 23.2 Å². The molecule has 0 aliphatic heterocycles. The van der Waals surface area contributed by atoms with Crippen molar-refractivity contribution >= 4 is 11.5 Å². The number of aliphatic hydroxyl groups is 1. The summed E-state index contributed by atoms with van der Waals surface area (Å²) in [6, 6.07) is 10.3. The molecule has 0 bridgehead atoms. The Balaban J connectivity index is 1.88. The molecule has 0 atom stereocenters. The van der Waals surface area contributed by atoms with Crippen LogP contribution in [-0.2, 0) is 19.4 Å². The third kappa shape index (κ3) is 1.91. The first-order chi connectivity index (χ1) is 10.3. The molecule has 1 aromatic carbocycles. The first kappa shape index (κ1) is 12.4. The number of hydrogen-bond acceptors (Lipinski definition) is 3. The van der Waals surface area contributed by atoms with E-state index >= 15 is 0 Å². The number of anilines is 1. The number of hydrogen-bond donors (Lipinski definition) is 2. The zero-order valence-corrected chi connectivity index (χ0v) is 11.7. The van der Waals surface area contributed by atoms with Crippen LogP contribution in [0.4, 0.5) is 5.82 Å². The van der Waals surface area contributed by atoms with Crippen molar-refractivity contribution < 1.29 is 5.11 Å². The van der Waals surface area contributed by atoms with Crippen LogP contribution in [0.2, 0.25) is 0 Å².